The summed E-state index contributed by atoms with van der Waals surface area (Å²) in [7, 11) is -3.88. The average Bonchev–Trinajstić information content (AvgIpc) is 2.88. The number of oxime groups is 1. The first kappa shape index (κ1) is 26.7. The highest BCUT2D eigenvalue weighted by atomic mass is 32.2. The molecular formula is C26H31N5O4S. The van der Waals surface area contributed by atoms with Crippen molar-refractivity contribution < 1.29 is 18.4 Å². The molecule has 0 saturated heterocycles. The summed E-state index contributed by atoms with van der Waals surface area (Å²) in [6.07, 6.45) is 2.87. The fourth-order valence-corrected chi connectivity index (χ4v) is 4.56. The number of carbonyl (C=O) groups excluding carboxylic acids is 1. The first-order valence-corrected chi connectivity index (χ1v) is 13.1. The van der Waals surface area contributed by atoms with E-state index in [0.29, 0.717) is 35.5 Å². The monoisotopic (exact) mass is 509 g/mol. The number of urea groups is 1. The molecule has 0 aromatic heterocycles. The van der Waals surface area contributed by atoms with Gasteiger partial charge in [-0.05, 0) is 41.8 Å². The molecule has 6 N–H and O–H groups in total. The van der Waals surface area contributed by atoms with Gasteiger partial charge in [0.1, 0.15) is 0 Å². The zero-order valence-corrected chi connectivity index (χ0v) is 20.9. The number of nitrogens with zero attached hydrogens (tertiary/aromatic N) is 2. The highest BCUT2D eigenvalue weighted by Gasteiger charge is 2.17. The first-order chi connectivity index (χ1) is 17.2. The maximum atomic E-state index is 13.2. The molecule has 0 saturated carbocycles. The number of sulfonamides is 1. The van der Waals surface area contributed by atoms with E-state index in [2.05, 4.69) is 17.4 Å². The van der Waals surface area contributed by atoms with Crippen molar-refractivity contribution in [2.24, 2.45) is 16.0 Å². The van der Waals surface area contributed by atoms with E-state index < -0.39 is 10.0 Å². The smallest absolute Gasteiger partial charge is 0.322 e. The van der Waals surface area contributed by atoms with Gasteiger partial charge in [0.05, 0.1) is 4.90 Å². The van der Waals surface area contributed by atoms with Crippen LogP contribution in [0.15, 0.2) is 82.8 Å². The predicted octanol–water partition coefficient (Wildman–Crippen LogP) is 4.32. The molecule has 0 aliphatic carbocycles. The Hall–Kier alpha value is -3.89. The summed E-state index contributed by atoms with van der Waals surface area (Å²) in [4.78, 5) is 14.9. The minimum atomic E-state index is -3.88. The fourth-order valence-electron chi connectivity index (χ4n) is 3.80. The van der Waals surface area contributed by atoms with E-state index in [1.54, 1.807) is 65.6 Å². The molecule has 0 aliphatic heterocycles. The molecule has 190 valence electrons. The number of hydrogen-bond acceptors (Lipinski definition) is 5. The zero-order valence-electron chi connectivity index (χ0n) is 20.1. The van der Waals surface area contributed by atoms with E-state index >= 15 is 0 Å². The van der Waals surface area contributed by atoms with Gasteiger partial charge in [-0.2, -0.15) is 0 Å². The Bertz CT molecular complexity index is 1320. The molecule has 0 bridgehead atoms. The first-order valence-electron chi connectivity index (χ1n) is 11.6. The van der Waals surface area contributed by atoms with Gasteiger partial charge in [-0.1, -0.05) is 73.5 Å². The van der Waals surface area contributed by atoms with Crippen LogP contribution in [0.4, 0.5) is 10.5 Å². The lowest BCUT2D eigenvalue weighted by Gasteiger charge is -2.23. The number of anilines is 1. The molecule has 0 unspecified atom stereocenters. The molecule has 3 aromatic carbocycles. The summed E-state index contributed by atoms with van der Waals surface area (Å²) in [6, 6.07) is 20.3. The van der Waals surface area contributed by atoms with Gasteiger partial charge in [0, 0.05) is 29.9 Å². The van der Waals surface area contributed by atoms with Crippen LogP contribution in [0.25, 0.3) is 11.1 Å². The molecule has 36 heavy (non-hydrogen) atoms. The van der Waals surface area contributed by atoms with E-state index in [4.69, 9.17) is 16.1 Å². The zero-order chi connectivity index (χ0) is 26.1. The van der Waals surface area contributed by atoms with Crippen LogP contribution in [0.1, 0.15) is 37.3 Å². The van der Waals surface area contributed by atoms with Gasteiger partial charge in [0.25, 0.3) is 0 Å². The minimum Gasteiger partial charge on any atom is -0.409 e. The number of nitrogens with one attached hydrogen (secondary N) is 1. The van der Waals surface area contributed by atoms with Crippen molar-refractivity contribution in [1.29, 1.82) is 0 Å². The summed E-state index contributed by atoms with van der Waals surface area (Å²) >= 11 is 0. The number of nitrogens with two attached hydrogens (primary N) is 2. The maximum Gasteiger partial charge on any atom is 0.322 e. The lowest BCUT2D eigenvalue weighted by Crippen LogP contribution is -2.35. The van der Waals surface area contributed by atoms with Crippen molar-refractivity contribution >= 4 is 27.6 Å². The molecule has 9 nitrogen and oxygen atoms in total. The Morgan fingerprint density at radius 2 is 1.75 bits per heavy atom. The van der Waals surface area contributed by atoms with Crippen LogP contribution in [0.2, 0.25) is 0 Å². The summed E-state index contributed by atoms with van der Waals surface area (Å²) in [5.74, 6) is 0.00272. The quantitative estimate of drug-likeness (QED) is 0.105. The largest absolute Gasteiger partial charge is 0.409 e. The second-order valence-electron chi connectivity index (χ2n) is 8.36. The van der Waals surface area contributed by atoms with Crippen LogP contribution in [0.5, 0.6) is 0 Å². The molecule has 2 amide bonds. The number of hydrogen-bond donors (Lipinski definition) is 4. The van der Waals surface area contributed by atoms with Crippen molar-refractivity contribution in [3.05, 3.63) is 83.9 Å². The summed E-state index contributed by atoms with van der Waals surface area (Å²) in [5, 5.41) is 20.3. The Labute approximate surface area is 211 Å². The molecule has 0 aliphatic rings. The molecule has 3 rings (SSSR count). The second kappa shape index (κ2) is 12.2. The van der Waals surface area contributed by atoms with Gasteiger partial charge in [-0.3, -0.25) is 0 Å². The van der Waals surface area contributed by atoms with Crippen molar-refractivity contribution in [3.63, 3.8) is 0 Å². The Morgan fingerprint density at radius 1 is 1.03 bits per heavy atom. The lowest BCUT2D eigenvalue weighted by atomic mass is 10.1. The standard InChI is InChI=1S/C26H31N5O4S/c1-2-3-6-16-31(18-19-8-7-9-21(17-19)25(27)30-33)26(32)29-22-14-12-20(13-15-22)23-10-4-5-11-24(23)36(28,34)35/h4-5,7-15,17,33H,2-3,6,16,18H2,1H3,(H2,27,30)(H,29,32)(H2,28,34,35). The van der Waals surface area contributed by atoms with Crippen molar-refractivity contribution in [2.75, 3.05) is 11.9 Å². The van der Waals surface area contributed by atoms with Crippen LogP contribution in [0, 0.1) is 0 Å². The summed E-state index contributed by atoms with van der Waals surface area (Å²) < 4.78 is 23.9. The summed E-state index contributed by atoms with van der Waals surface area (Å²) in [6.45, 7) is 3.01. The van der Waals surface area contributed by atoms with Crippen LogP contribution < -0.4 is 16.2 Å². The highest BCUT2D eigenvalue weighted by Crippen LogP contribution is 2.27. The van der Waals surface area contributed by atoms with Gasteiger partial charge < -0.3 is 21.2 Å². The summed E-state index contributed by atoms with van der Waals surface area (Å²) in [5.41, 5.74) is 8.85. The number of primary sulfonamides is 1. The number of amides is 2. The topological polar surface area (TPSA) is 151 Å². The van der Waals surface area contributed by atoms with Crippen molar-refractivity contribution in [3.8, 4) is 11.1 Å². The third kappa shape index (κ3) is 7.06. The SMILES string of the molecule is CCCCCN(Cc1cccc(C(N)=NO)c1)C(=O)Nc1ccc(-c2ccccc2S(N)(=O)=O)cc1. The van der Waals surface area contributed by atoms with E-state index in [0.717, 1.165) is 24.8 Å². The molecule has 3 aromatic rings. The number of carbonyl (C=O) groups is 1. The van der Waals surface area contributed by atoms with Crippen molar-refractivity contribution in [2.45, 2.75) is 37.6 Å². The van der Waals surface area contributed by atoms with E-state index in [9.17, 15) is 13.2 Å². The van der Waals surface area contributed by atoms with E-state index in [1.165, 1.54) is 6.07 Å². The molecular weight excluding hydrogens is 478 g/mol. The third-order valence-electron chi connectivity index (χ3n) is 5.66. The molecule has 10 heteroatoms. The van der Waals surface area contributed by atoms with Crippen LogP contribution in [-0.2, 0) is 16.6 Å². The van der Waals surface area contributed by atoms with Gasteiger partial charge in [-0.25, -0.2) is 18.4 Å². The lowest BCUT2D eigenvalue weighted by molar-refractivity contribution is 0.208. The van der Waals surface area contributed by atoms with Crippen LogP contribution >= 0.6 is 0 Å². The Kier molecular flexibility index (Phi) is 9.04. The van der Waals surface area contributed by atoms with Crippen LogP contribution in [-0.4, -0.2) is 36.9 Å². The normalized spacial score (nSPS) is 11.8. The van der Waals surface area contributed by atoms with E-state index in [1.807, 2.05) is 6.07 Å². The number of unbranched alkanes of at least 4 members (excludes halogenated alkanes) is 2. The molecule has 0 heterocycles. The molecule has 0 atom stereocenters. The van der Waals surface area contributed by atoms with Crippen LogP contribution in [0.3, 0.4) is 0 Å². The average molecular weight is 510 g/mol. The number of benzene rings is 3. The van der Waals surface area contributed by atoms with Crippen molar-refractivity contribution in [1.82, 2.24) is 4.90 Å². The van der Waals surface area contributed by atoms with Gasteiger partial charge >= 0.3 is 6.03 Å². The molecule has 0 fully saturated rings. The van der Waals surface area contributed by atoms with Gasteiger partial charge in [-0.15, -0.1) is 0 Å². The molecule has 0 radical (unpaired) electrons. The van der Waals surface area contributed by atoms with Gasteiger partial charge in [0.2, 0.25) is 10.0 Å². The minimum absolute atomic E-state index is 0.00272. The predicted molar refractivity (Wildman–Crippen MR) is 141 cm³/mol. The third-order valence-corrected chi connectivity index (χ3v) is 6.63. The molecule has 0 spiro atoms. The number of amidine groups is 1. The highest BCUT2D eigenvalue weighted by molar-refractivity contribution is 7.89. The fraction of sp³-hybridized carbons (Fsp3) is 0.231. The Balaban J connectivity index is 1.78. The second-order valence-corrected chi connectivity index (χ2v) is 9.89. The van der Waals surface area contributed by atoms with E-state index in [-0.39, 0.29) is 16.8 Å². The Morgan fingerprint density at radius 3 is 2.42 bits per heavy atom. The van der Waals surface area contributed by atoms with Gasteiger partial charge in [0.15, 0.2) is 5.84 Å². The maximum absolute atomic E-state index is 13.2. The number of rotatable bonds is 10.